The number of thioether (sulfide) groups is 2. The maximum atomic E-state index is 3.95. The van der Waals surface area contributed by atoms with E-state index in [4.69, 9.17) is 0 Å². The zero-order chi connectivity index (χ0) is 11.1. The summed E-state index contributed by atoms with van der Waals surface area (Å²) in [6.07, 6.45) is 4.76. The van der Waals surface area contributed by atoms with Crippen molar-refractivity contribution in [3.8, 4) is 0 Å². The van der Waals surface area contributed by atoms with E-state index in [1.54, 1.807) is 6.20 Å². The van der Waals surface area contributed by atoms with Crippen LogP contribution in [0.5, 0.6) is 0 Å². The lowest BCUT2D eigenvalue weighted by Crippen LogP contribution is -2.34. The van der Waals surface area contributed by atoms with Gasteiger partial charge in [0, 0.05) is 41.8 Å². The average Bonchev–Trinajstić information content (AvgIpc) is 2.68. The molecule has 2 rings (SSSR count). The third-order valence-electron chi connectivity index (χ3n) is 2.48. The van der Waals surface area contributed by atoms with E-state index in [0.29, 0.717) is 6.04 Å². The summed E-state index contributed by atoms with van der Waals surface area (Å²) in [4.78, 5) is 0. The van der Waals surface area contributed by atoms with Gasteiger partial charge in [-0.1, -0.05) is 5.21 Å². The highest BCUT2D eigenvalue weighted by Gasteiger charge is 2.11. The van der Waals surface area contributed by atoms with Crippen LogP contribution in [0.3, 0.4) is 0 Å². The Morgan fingerprint density at radius 3 is 2.81 bits per heavy atom. The largest absolute Gasteiger partial charge is 0.312 e. The second-order valence-electron chi connectivity index (χ2n) is 3.82. The van der Waals surface area contributed by atoms with Crippen LogP contribution in [0.1, 0.15) is 6.42 Å². The Morgan fingerprint density at radius 2 is 2.12 bits per heavy atom. The minimum Gasteiger partial charge on any atom is -0.312 e. The fourth-order valence-corrected chi connectivity index (χ4v) is 4.10. The van der Waals surface area contributed by atoms with Gasteiger partial charge in [-0.15, -0.1) is 5.10 Å². The molecule has 0 spiro atoms. The predicted octanol–water partition coefficient (Wildman–Crippen LogP) is 1.11. The van der Waals surface area contributed by atoms with Crippen LogP contribution in [0.15, 0.2) is 12.4 Å². The first-order chi connectivity index (χ1) is 7.95. The van der Waals surface area contributed by atoms with E-state index in [-0.39, 0.29) is 0 Å². The van der Waals surface area contributed by atoms with Crippen LogP contribution in [0.4, 0.5) is 0 Å². The van der Waals surface area contributed by atoms with Crippen molar-refractivity contribution < 1.29 is 0 Å². The first-order valence-electron chi connectivity index (χ1n) is 5.68. The van der Waals surface area contributed by atoms with Crippen LogP contribution < -0.4 is 5.32 Å². The molecule has 0 unspecified atom stereocenters. The lowest BCUT2D eigenvalue weighted by molar-refractivity contribution is 0.510. The molecule has 0 aliphatic carbocycles. The molecule has 0 atom stereocenters. The van der Waals surface area contributed by atoms with Gasteiger partial charge in [0.05, 0.1) is 6.20 Å². The summed E-state index contributed by atoms with van der Waals surface area (Å²) in [6, 6.07) is 0.688. The summed E-state index contributed by atoms with van der Waals surface area (Å²) in [6.45, 7) is 2.03. The first kappa shape index (κ1) is 12.3. The van der Waals surface area contributed by atoms with Crippen molar-refractivity contribution in [1.82, 2.24) is 20.3 Å². The molecule has 0 bridgehead atoms. The zero-order valence-electron chi connectivity index (χ0n) is 9.34. The summed E-state index contributed by atoms with van der Waals surface area (Å²) in [5.74, 6) is 5.14. The SMILES string of the molecule is c1cn(CCCNC2CSCCSC2)nn1. The summed E-state index contributed by atoms with van der Waals surface area (Å²) >= 11 is 4.14. The van der Waals surface area contributed by atoms with Crippen molar-refractivity contribution in [2.75, 3.05) is 29.6 Å². The van der Waals surface area contributed by atoms with Gasteiger partial charge >= 0.3 is 0 Å². The highest BCUT2D eigenvalue weighted by molar-refractivity contribution is 8.03. The van der Waals surface area contributed by atoms with Gasteiger partial charge in [-0.3, -0.25) is 4.68 Å². The molecule has 0 amide bonds. The number of aryl methyl sites for hydroxylation is 1. The molecule has 4 nitrogen and oxygen atoms in total. The van der Waals surface area contributed by atoms with Crippen molar-refractivity contribution >= 4 is 23.5 Å². The molecular weight excluding hydrogens is 240 g/mol. The van der Waals surface area contributed by atoms with Crippen LogP contribution in [0, 0.1) is 0 Å². The molecule has 0 radical (unpaired) electrons. The molecule has 1 aromatic heterocycles. The topological polar surface area (TPSA) is 42.7 Å². The fourth-order valence-electron chi connectivity index (χ4n) is 1.63. The van der Waals surface area contributed by atoms with E-state index in [1.165, 1.54) is 23.0 Å². The standard InChI is InChI=1S/C10H18N4S2/c1(4-14-5-3-12-13-14)2-11-10-8-15-6-7-16-9-10/h3,5,10-11H,1-2,4,6-9H2. The van der Waals surface area contributed by atoms with Crippen LogP contribution in [-0.4, -0.2) is 50.6 Å². The van der Waals surface area contributed by atoms with Gasteiger partial charge in [-0.05, 0) is 13.0 Å². The van der Waals surface area contributed by atoms with Crippen LogP contribution in [-0.2, 0) is 6.54 Å². The van der Waals surface area contributed by atoms with Crippen molar-refractivity contribution in [1.29, 1.82) is 0 Å². The average molecular weight is 258 g/mol. The van der Waals surface area contributed by atoms with Gasteiger partial charge in [0.25, 0.3) is 0 Å². The molecule has 1 aliphatic heterocycles. The van der Waals surface area contributed by atoms with Crippen LogP contribution in [0.25, 0.3) is 0 Å². The smallest absolute Gasteiger partial charge is 0.0692 e. The van der Waals surface area contributed by atoms with Crippen molar-refractivity contribution in [2.24, 2.45) is 0 Å². The Morgan fingerprint density at radius 1 is 1.31 bits per heavy atom. The number of nitrogens with zero attached hydrogens (tertiary/aromatic N) is 3. The maximum absolute atomic E-state index is 3.95. The van der Waals surface area contributed by atoms with Crippen molar-refractivity contribution in [3.63, 3.8) is 0 Å². The molecule has 6 heteroatoms. The van der Waals surface area contributed by atoms with Gasteiger partial charge in [-0.2, -0.15) is 23.5 Å². The van der Waals surface area contributed by atoms with Crippen molar-refractivity contribution in [2.45, 2.75) is 19.0 Å². The van der Waals surface area contributed by atoms with E-state index >= 15 is 0 Å². The molecule has 0 aromatic carbocycles. The quantitative estimate of drug-likeness (QED) is 0.801. The second-order valence-corrected chi connectivity index (χ2v) is 6.12. The summed E-state index contributed by atoms with van der Waals surface area (Å²) in [5.41, 5.74) is 0. The van der Waals surface area contributed by atoms with Gasteiger partial charge in [0.2, 0.25) is 0 Å². The molecule has 1 N–H and O–H groups in total. The summed E-state index contributed by atoms with van der Waals surface area (Å²) in [5, 5.41) is 11.4. The highest BCUT2D eigenvalue weighted by atomic mass is 32.2. The van der Waals surface area contributed by atoms with Crippen molar-refractivity contribution in [3.05, 3.63) is 12.4 Å². The van der Waals surface area contributed by atoms with Crippen LogP contribution >= 0.6 is 23.5 Å². The monoisotopic (exact) mass is 258 g/mol. The van der Waals surface area contributed by atoms with E-state index < -0.39 is 0 Å². The first-order valence-corrected chi connectivity index (χ1v) is 7.99. The minimum atomic E-state index is 0.688. The Bertz CT molecular complexity index is 270. The van der Waals surface area contributed by atoms with Gasteiger partial charge < -0.3 is 5.32 Å². The molecule has 0 saturated carbocycles. The fraction of sp³-hybridized carbons (Fsp3) is 0.800. The molecular formula is C10H18N4S2. The van der Waals surface area contributed by atoms with Gasteiger partial charge in [0.1, 0.15) is 0 Å². The number of rotatable bonds is 5. The second kappa shape index (κ2) is 7.19. The molecule has 2 heterocycles. The van der Waals surface area contributed by atoms with E-state index in [2.05, 4.69) is 39.2 Å². The predicted molar refractivity (Wildman–Crippen MR) is 71.1 cm³/mol. The Hall–Kier alpha value is -0.200. The lowest BCUT2D eigenvalue weighted by atomic mass is 10.3. The third-order valence-corrected chi connectivity index (χ3v) is 5.00. The molecule has 1 aliphatic rings. The Balaban J connectivity index is 1.56. The lowest BCUT2D eigenvalue weighted by Gasteiger charge is -2.14. The van der Waals surface area contributed by atoms with Gasteiger partial charge in [0.15, 0.2) is 0 Å². The zero-order valence-corrected chi connectivity index (χ0v) is 11.0. The number of hydrogen-bond donors (Lipinski definition) is 1. The normalized spacial score (nSPS) is 18.5. The molecule has 16 heavy (non-hydrogen) atoms. The number of hydrogen-bond acceptors (Lipinski definition) is 5. The van der Waals surface area contributed by atoms with Crippen LogP contribution in [0.2, 0.25) is 0 Å². The summed E-state index contributed by atoms with van der Waals surface area (Å²) in [7, 11) is 0. The third kappa shape index (κ3) is 4.35. The van der Waals surface area contributed by atoms with E-state index in [9.17, 15) is 0 Å². The molecule has 1 fully saturated rings. The Labute approximate surface area is 105 Å². The number of aromatic nitrogens is 3. The molecule has 90 valence electrons. The molecule has 1 aromatic rings. The highest BCUT2D eigenvalue weighted by Crippen LogP contribution is 2.16. The van der Waals surface area contributed by atoms with E-state index in [1.807, 2.05) is 10.9 Å². The Kier molecular flexibility index (Phi) is 5.51. The van der Waals surface area contributed by atoms with Gasteiger partial charge in [-0.25, -0.2) is 0 Å². The maximum Gasteiger partial charge on any atom is 0.0692 e. The number of nitrogens with one attached hydrogen (secondary N) is 1. The summed E-state index contributed by atoms with van der Waals surface area (Å²) < 4.78 is 1.89. The minimum absolute atomic E-state index is 0.688. The molecule has 1 saturated heterocycles. The van der Waals surface area contributed by atoms with E-state index in [0.717, 1.165) is 19.5 Å².